The number of nitro groups is 1. The van der Waals surface area contributed by atoms with Gasteiger partial charge in [-0.2, -0.15) is 0 Å². The van der Waals surface area contributed by atoms with Crippen LogP contribution in [0.2, 0.25) is 0 Å². The summed E-state index contributed by atoms with van der Waals surface area (Å²) in [5.74, 6) is 0.0765. The standard InChI is InChI=1S/C9H8N2O4/c1-5-9(12)10-7-3-2-6(11(13)14)4-8(7)15-5/h2-5H,1H3,(H,10,12)/t5-/m0/s1. The molecule has 1 atom stereocenters. The van der Waals surface area contributed by atoms with E-state index in [2.05, 4.69) is 5.32 Å². The summed E-state index contributed by atoms with van der Waals surface area (Å²) < 4.78 is 5.22. The number of carbonyl (C=O) groups is 1. The monoisotopic (exact) mass is 208 g/mol. The van der Waals surface area contributed by atoms with E-state index < -0.39 is 11.0 Å². The van der Waals surface area contributed by atoms with Crippen LogP contribution >= 0.6 is 0 Å². The Hall–Kier alpha value is -2.11. The number of hydrogen-bond acceptors (Lipinski definition) is 4. The number of benzene rings is 1. The number of non-ortho nitro benzene ring substituents is 1. The summed E-state index contributed by atoms with van der Waals surface area (Å²) in [5, 5.41) is 13.1. The first-order valence-corrected chi connectivity index (χ1v) is 4.34. The molecule has 15 heavy (non-hydrogen) atoms. The molecule has 6 nitrogen and oxygen atoms in total. The largest absolute Gasteiger partial charge is 0.478 e. The van der Waals surface area contributed by atoms with Gasteiger partial charge in [0.2, 0.25) is 0 Å². The molecule has 78 valence electrons. The molecule has 0 saturated carbocycles. The Morgan fingerprint density at radius 2 is 2.27 bits per heavy atom. The van der Waals surface area contributed by atoms with Crippen LogP contribution in [0.15, 0.2) is 18.2 Å². The van der Waals surface area contributed by atoms with Crippen molar-refractivity contribution in [3.05, 3.63) is 28.3 Å². The van der Waals surface area contributed by atoms with Crippen LogP contribution in [0.4, 0.5) is 11.4 Å². The predicted molar refractivity (Wildman–Crippen MR) is 51.8 cm³/mol. The van der Waals surface area contributed by atoms with Crippen LogP contribution in [-0.4, -0.2) is 16.9 Å². The van der Waals surface area contributed by atoms with Gasteiger partial charge >= 0.3 is 0 Å². The number of nitrogens with zero attached hydrogens (tertiary/aromatic N) is 1. The van der Waals surface area contributed by atoms with Crippen LogP contribution in [0, 0.1) is 10.1 Å². The molecule has 0 saturated heterocycles. The van der Waals surface area contributed by atoms with Gasteiger partial charge in [-0.1, -0.05) is 0 Å². The van der Waals surface area contributed by atoms with E-state index in [1.165, 1.54) is 18.2 Å². The van der Waals surface area contributed by atoms with Gasteiger partial charge in [-0.05, 0) is 13.0 Å². The number of fused-ring (bicyclic) bond motifs is 1. The van der Waals surface area contributed by atoms with E-state index in [-0.39, 0.29) is 11.6 Å². The fourth-order valence-electron chi connectivity index (χ4n) is 1.30. The first-order chi connectivity index (χ1) is 7.08. The van der Waals surface area contributed by atoms with Crippen LogP contribution < -0.4 is 10.1 Å². The highest BCUT2D eigenvalue weighted by Crippen LogP contribution is 2.32. The fraction of sp³-hybridized carbons (Fsp3) is 0.222. The summed E-state index contributed by atoms with van der Waals surface area (Å²) in [6.45, 7) is 1.58. The summed E-state index contributed by atoms with van der Waals surface area (Å²) in [4.78, 5) is 21.2. The lowest BCUT2D eigenvalue weighted by atomic mass is 10.2. The molecule has 0 aromatic heterocycles. The van der Waals surface area contributed by atoms with Crippen LogP contribution in [0.1, 0.15) is 6.92 Å². The third-order valence-corrected chi connectivity index (χ3v) is 2.11. The number of nitrogens with one attached hydrogen (secondary N) is 1. The molecule has 0 bridgehead atoms. The minimum absolute atomic E-state index is 0.0582. The van der Waals surface area contributed by atoms with Crippen molar-refractivity contribution < 1.29 is 14.5 Å². The lowest BCUT2D eigenvalue weighted by Gasteiger charge is -2.22. The minimum Gasteiger partial charge on any atom is -0.478 e. The highest BCUT2D eigenvalue weighted by Gasteiger charge is 2.24. The average molecular weight is 208 g/mol. The summed E-state index contributed by atoms with van der Waals surface area (Å²) in [6.07, 6.45) is -0.625. The molecule has 1 aliphatic rings. The van der Waals surface area contributed by atoms with Gasteiger partial charge in [-0.15, -0.1) is 0 Å². The molecule has 1 amide bonds. The Balaban J connectivity index is 2.41. The van der Waals surface area contributed by atoms with Crippen molar-refractivity contribution in [2.45, 2.75) is 13.0 Å². The van der Waals surface area contributed by atoms with Gasteiger partial charge in [-0.3, -0.25) is 14.9 Å². The maximum Gasteiger partial charge on any atom is 0.273 e. The molecular weight excluding hydrogens is 200 g/mol. The number of carbonyl (C=O) groups excluding carboxylic acids is 1. The van der Waals surface area contributed by atoms with E-state index in [1.807, 2.05) is 0 Å². The van der Waals surface area contributed by atoms with Crippen molar-refractivity contribution in [1.82, 2.24) is 0 Å². The van der Waals surface area contributed by atoms with Crippen LogP contribution in [-0.2, 0) is 4.79 Å². The topological polar surface area (TPSA) is 81.5 Å². The van der Waals surface area contributed by atoms with Crippen molar-refractivity contribution in [3.8, 4) is 5.75 Å². The molecule has 1 N–H and O–H groups in total. The highest BCUT2D eigenvalue weighted by molar-refractivity contribution is 5.97. The van der Waals surface area contributed by atoms with Crippen LogP contribution in [0.5, 0.6) is 5.75 Å². The zero-order chi connectivity index (χ0) is 11.0. The van der Waals surface area contributed by atoms with Crippen LogP contribution in [0.25, 0.3) is 0 Å². The van der Waals surface area contributed by atoms with Gasteiger partial charge in [0.15, 0.2) is 11.9 Å². The maximum absolute atomic E-state index is 11.2. The third kappa shape index (κ3) is 1.61. The molecule has 1 aromatic rings. The predicted octanol–water partition coefficient (Wildman–Crippen LogP) is 1.31. The van der Waals surface area contributed by atoms with Crippen molar-refractivity contribution >= 4 is 17.3 Å². The van der Waals surface area contributed by atoms with E-state index in [4.69, 9.17) is 4.74 Å². The summed E-state index contributed by atoms with van der Waals surface area (Å²) in [6, 6.07) is 4.07. The van der Waals surface area contributed by atoms with Gasteiger partial charge < -0.3 is 10.1 Å². The quantitative estimate of drug-likeness (QED) is 0.557. The van der Waals surface area contributed by atoms with Crippen molar-refractivity contribution in [3.63, 3.8) is 0 Å². The Labute approximate surface area is 85.0 Å². The zero-order valence-corrected chi connectivity index (χ0v) is 7.89. The van der Waals surface area contributed by atoms with Gasteiger partial charge in [-0.25, -0.2) is 0 Å². The first-order valence-electron chi connectivity index (χ1n) is 4.34. The van der Waals surface area contributed by atoms with Crippen LogP contribution in [0.3, 0.4) is 0 Å². The summed E-state index contributed by atoms with van der Waals surface area (Å²) in [7, 11) is 0. The van der Waals surface area contributed by atoms with Crippen molar-refractivity contribution in [1.29, 1.82) is 0 Å². The second-order valence-electron chi connectivity index (χ2n) is 3.19. The average Bonchev–Trinajstić information content (AvgIpc) is 2.19. The molecule has 0 radical (unpaired) electrons. The first kappa shape index (κ1) is 9.45. The second-order valence-corrected chi connectivity index (χ2v) is 3.19. The lowest BCUT2D eigenvalue weighted by Crippen LogP contribution is -2.34. The molecule has 1 heterocycles. The molecule has 1 aliphatic heterocycles. The Bertz CT molecular complexity index is 444. The number of rotatable bonds is 1. The SMILES string of the molecule is C[C@@H]1Oc2cc([N+](=O)[O-])ccc2NC1=O. The third-order valence-electron chi connectivity index (χ3n) is 2.11. The molecule has 0 unspecified atom stereocenters. The maximum atomic E-state index is 11.2. The Morgan fingerprint density at radius 3 is 2.93 bits per heavy atom. The van der Waals surface area contributed by atoms with E-state index in [0.29, 0.717) is 11.4 Å². The number of nitro benzene ring substituents is 1. The molecule has 0 spiro atoms. The molecule has 1 aromatic carbocycles. The van der Waals surface area contributed by atoms with E-state index in [1.54, 1.807) is 6.92 Å². The van der Waals surface area contributed by atoms with Crippen molar-refractivity contribution in [2.75, 3.05) is 5.32 Å². The van der Waals surface area contributed by atoms with E-state index >= 15 is 0 Å². The lowest BCUT2D eigenvalue weighted by molar-refractivity contribution is -0.384. The zero-order valence-electron chi connectivity index (χ0n) is 7.89. The highest BCUT2D eigenvalue weighted by atomic mass is 16.6. The number of ether oxygens (including phenoxy) is 1. The minimum atomic E-state index is -0.625. The number of hydrogen-bond donors (Lipinski definition) is 1. The van der Waals surface area contributed by atoms with E-state index in [9.17, 15) is 14.9 Å². The van der Waals surface area contributed by atoms with E-state index in [0.717, 1.165) is 0 Å². The molecule has 0 aliphatic carbocycles. The summed E-state index contributed by atoms with van der Waals surface area (Å²) in [5.41, 5.74) is 0.404. The normalized spacial score (nSPS) is 18.7. The Morgan fingerprint density at radius 1 is 1.53 bits per heavy atom. The number of anilines is 1. The number of amides is 1. The fourth-order valence-corrected chi connectivity index (χ4v) is 1.30. The molecule has 2 rings (SSSR count). The van der Waals surface area contributed by atoms with Gasteiger partial charge in [0.05, 0.1) is 16.7 Å². The summed E-state index contributed by atoms with van der Waals surface area (Å²) >= 11 is 0. The molecule has 0 fully saturated rings. The van der Waals surface area contributed by atoms with Gasteiger partial charge in [0.25, 0.3) is 11.6 Å². The second kappa shape index (κ2) is 3.23. The molecule has 6 heteroatoms. The van der Waals surface area contributed by atoms with Gasteiger partial charge in [0, 0.05) is 6.07 Å². The Kier molecular flexibility index (Phi) is 2.03. The van der Waals surface area contributed by atoms with Crippen molar-refractivity contribution in [2.24, 2.45) is 0 Å². The smallest absolute Gasteiger partial charge is 0.273 e. The van der Waals surface area contributed by atoms with Gasteiger partial charge in [0.1, 0.15) is 0 Å². The molecular formula is C9H8N2O4.